The van der Waals surface area contributed by atoms with Crippen LogP contribution in [-0.2, 0) is 0 Å². The predicted octanol–water partition coefficient (Wildman–Crippen LogP) is 14.8. The third kappa shape index (κ3) is 5.07. The maximum absolute atomic E-state index is 6.59. The topological polar surface area (TPSA) is 43.9 Å². The Bertz CT molecular complexity index is 3560. The van der Waals surface area contributed by atoms with E-state index < -0.39 is 0 Å². The van der Waals surface area contributed by atoms with Gasteiger partial charge in [-0.05, 0) is 77.7 Å². The lowest BCUT2D eigenvalue weighted by Gasteiger charge is -2.16. The standard InChI is InChI=1S/C53H33N3OS/c1-32-51(35-18-9-4-10-19-35)54-52(37-24-26-40-47(29-37)57-46-22-13-21-38(50(40)46)34-16-7-3-8-17-34)55-53(32)56-44-27-25-36(33-14-5-2-6-15-33)28-41(44)42-31-49-43(30-45(42)56)39-20-11-12-23-48(39)58-49/h2-31H,1H3. The van der Waals surface area contributed by atoms with Crippen LogP contribution in [0.5, 0.6) is 0 Å². The summed E-state index contributed by atoms with van der Waals surface area (Å²) in [5, 5.41) is 7.09. The Morgan fingerprint density at radius 1 is 0.448 bits per heavy atom. The number of rotatable bonds is 5. The van der Waals surface area contributed by atoms with Gasteiger partial charge in [-0.1, -0.05) is 133 Å². The zero-order valence-electron chi connectivity index (χ0n) is 31.5. The quantitative estimate of drug-likeness (QED) is 0.175. The largest absolute Gasteiger partial charge is 0.456 e. The molecule has 0 spiro atoms. The fourth-order valence-corrected chi connectivity index (χ4v) is 9.95. The lowest BCUT2D eigenvalue weighted by Crippen LogP contribution is -2.06. The van der Waals surface area contributed by atoms with Crippen LogP contribution in [0.3, 0.4) is 0 Å². The molecule has 12 rings (SSSR count). The number of furan rings is 1. The summed E-state index contributed by atoms with van der Waals surface area (Å²) < 4.78 is 11.5. The molecule has 0 fully saturated rings. The van der Waals surface area contributed by atoms with E-state index in [9.17, 15) is 0 Å². The van der Waals surface area contributed by atoms with E-state index >= 15 is 0 Å². The maximum Gasteiger partial charge on any atom is 0.162 e. The molecule has 0 aliphatic carbocycles. The van der Waals surface area contributed by atoms with Gasteiger partial charge in [0.1, 0.15) is 17.0 Å². The molecule has 0 amide bonds. The summed E-state index contributed by atoms with van der Waals surface area (Å²) in [7, 11) is 0. The van der Waals surface area contributed by atoms with Crippen LogP contribution in [0.15, 0.2) is 186 Å². The second-order valence-corrected chi connectivity index (χ2v) is 16.0. The van der Waals surface area contributed by atoms with E-state index in [1.54, 1.807) is 0 Å². The van der Waals surface area contributed by atoms with Crippen molar-refractivity contribution in [3.63, 3.8) is 0 Å². The molecule has 4 aromatic heterocycles. The van der Waals surface area contributed by atoms with Gasteiger partial charge < -0.3 is 4.42 Å². The molecular weight excluding hydrogens is 727 g/mol. The van der Waals surface area contributed by atoms with Crippen LogP contribution >= 0.6 is 11.3 Å². The van der Waals surface area contributed by atoms with Crippen molar-refractivity contribution in [3.8, 4) is 50.7 Å². The third-order valence-electron chi connectivity index (χ3n) is 11.6. The second kappa shape index (κ2) is 12.8. The smallest absolute Gasteiger partial charge is 0.162 e. The molecule has 0 unspecified atom stereocenters. The molecule has 8 aromatic carbocycles. The Morgan fingerprint density at radius 2 is 1.16 bits per heavy atom. The first kappa shape index (κ1) is 32.9. The minimum absolute atomic E-state index is 0.642. The van der Waals surface area contributed by atoms with Gasteiger partial charge in [-0.2, -0.15) is 0 Å². The SMILES string of the molecule is Cc1c(-c2ccccc2)nc(-c2ccc3c(c2)oc2cccc(-c4ccccc4)c23)nc1-n1c2ccc(-c3ccccc3)cc2c2cc3sc4ccccc4c3cc21. The molecule has 0 aliphatic rings. The van der Waals surface area contributed by atoms with E-state index in [0.717, 1.165) is 72.3 Å². The average Bonchev–Trinajstić information content (AvgIpc) is 3.95. The number of hydrogen-bond donors (Lipinski definition) is 0. The molecular formula is C53H33N3OS. The number of nitrogens with zero attached hydrogens (tertiary/aromatic N) is 3. The van der Waals surface area contributed by atoms with Crippen LogP contribution in [0.1, 0.15) is 5.56 Å². The van der Waals surface area contributed by atoms with Crippen LogP contribution in [0, 0.1) is 6.92 Å². The number of thiophene rings is 1. The Kier molecular flexibility index (Phi) is 7.28. The van der Waals surface area contributed by atoms with Crippen molar-refractivity contribution in [1.29, 1.82) is 0 Å². The van der Waals surface area contributed by atoms with Gasteiger partial charge in [-0.25, -0.2) is 9.97 Å². The molecule has 0 aliphatic heterocycles. The number of aromatic nitrogens is 3. The molecule has 0 bridgehead atoms. The Balaban J connectivity index is 1.13. The number of fused-ring (bicyclic) bond motifs is 9. The van der Waals surface area contributed by atoms with Crippen LogP contribution in [-0.4, -0.2) is 14.5 Å². The predicted molar refractivity (Wildman–Crippen MR) is 243 cm³/mol. The minimum atomic E-state index is 0.642. The highest BCUT2D eigenvalue weighted by Crippen LogP contribution is 2.43. The summed E-state index contributed by atoms with van der Waals surface area (Å²) in [6.45, 7) is 2.16. The molecule has 4 nitrogen and oxygen atoms in total. The third-order valence-corrected chi connectivity index (χ3v) is 12.7. The Hall–Kier alpha value is -7.34. The van der Waals surface area contributed by atoms with Crippen LogP contribution in [0.25, 0.3) is 115 Å². The number of benzene rings is 8. The van der Waals surface area contributed by atoms with Gasteiger partial charge in [-0.3, -0.25) is 4.57 Å². The monoisotopic (exact) mass is 759 g/mol. The van der Waals surface area contributed by atoms with Crippen LogP contribution in [0.4, 0.5) is 0 Å². The molecule has 4 heterocycles. The molecule has 0 saturated carbocycles. The van der Waals surface area contributed by atoms with Crippen LogP contribution in [0.2, 0.25) is 0 Å². The van der Waals surface area contributed by atoms with Gasteiger partial charge in [0.05, 0.1) is 16.7 Å². The summed E-state index contributed by atoms with van der Waals surface area (Å²) in [5.41, 5.74) is 12.4. The normalized spacial score (nSPS) is 11.9. The first-order valence-electron chi connectivity index (χ1n) is 19.6. The highest BCUT2D eigenvalue weighted by atomic mass is 32.1. The molecule has 0 radical (unpaired) electrons. The zero-order valence-corrected chi connectivity index (χ0v) is 32.3. The molecule has 0 N–H and O–H groups in total. The molecule has 272 valence electrons. The highest BCUT2D eigenvalue weighted by Gasteiger charge is 2.23. The van der Waals surface area contributed by atoms with E-state index in [2.05, 4.69) is 193 Å². The van der Waals surface area contributed by atoms with Crippen molar-refractivity contribution in [2.75, 3.05) is 0 Å². The molecule has 0 saturated heterocycles. The molecule has 0 atom stereocenters. The van der Waals surface area contributed by atoms with Gasteiger partial charge in [0.25, 0.3) is 0 Å². The van der Waals surface area contributed by atoms with Crippen molar-refractivity contribution in [3.05, 3.63) is 188 Å². The van der Waals surface area contributed by atoms with E-state index in [0.29, 0.717) is 5.82 Å². The van der Waals surface area contributed by atoms with Crippen molar-refractivity contribution in [1.82, 2.24) is 14.5 Å². The molecule has 58 heavy (non-hydrogen) atoms. The van der Waals surface area contributed by atoms with Crippen molar-refractivity contribution in [2.45, 2.75) is 6.92 Å². The average molecular weight is 760 g/mol. The van der Waals surface area contributed by atoms with E-state index in [-0.39, 0.29) is 0 Å². The van der Waals surface area contributed by atoms with Gasteiger partial charge in [0.2, 0.25) is 0 Å². The summed E-state index contributed by atoms with van der Waals surface area (Å²) >= 11 is 1.85. The van der Waals surface area contributed by atoms with Crippen molar-refractivity contribution < 1.29 is 4.42 Å². The van der Waals surface area contributed by atoms with E-state index in [4.69, 9.17) is 14.4 Å². The lowest BCUT2D eigenvalue weighted by molar-refractivity contribution is 0.669. The lowest BCUT2D eigenvalue weighted by atomic mass is 9.99. The van der Waals surface area contributed by atoms with Crippen LogP contribution < -0.4 is 0 Å². The summed E-state index contributed by atoms with van der Waals surface area (Å²) in [5.74, 6) is 1.49. The Labute approximate surface area is 337 Å². The highest BCUT2D eigenvalue weighted by molar-refractivity contribution is 7.25. The molecule has 5 heteroatoms. The minimum Gasteiger partial charge on any atom is -0.456 e. The van der Waals surface area contributed by atoms with Gasteiger partial charge >= 0.3 is 0 Å². The fourth-order valence-electron chi connectivity index (χ4n) is 8.83. The number of hydrogen-bond acceptors (Lipinski definition) is 4. The fraction of sp³-hybridized carbons (Fsp3) is 0.0189. The summed E-state index contributed by atoms with van der Waals surface area (Å²) in [6, 6.07) is 64.6. The first-order chi connectivity index (χ1) is 28.7. The van der Waals surface area contributed by atoms with Gasteiger partial charge in [-0.15, -0.1) is 11.3 Å². The van der Waals surface area contributed by atoms with Gasteiger partial charge in [0.15, 0.2) is 5.82 Å². The van der Waals surface area contributed by atoms with E-state index in [1.165, 1.54) is 42.1 Å². The van der Waals surface area contributed by atoms with E-state index in [1.807, 2.05) is 11.3 Å². The van der Waals surface area contributed by atoms with Crippen molar-refractivity contribution >= 4 is 75.3 Å². The maximum atomic E-state index is 6.59. The zero-order chi connectivity index (χ0) is 38.3. The van der Waals surface area contributed by atoms with Crippen molar-refractivity contribution in [2.24, 2.45) is 0 Å². The first-order valence-corrected chi connectivity index (χ1v) is 20.4. The summed E-state index contributed by atoms with van der Waals surface area (Å²) in [6.07, 6.45) is 0. The second-order valence-electron chi connectivity index (χ2n) is 15.0. The molecule has 12 aromatic rings. The Morgan fingerprint density at radius 3 is 1.97 bits per heavy atom. The van der Waals surface area contributed by atoms with Gasteiger partial charge in [0, 0.05) is 58.4 Å². The summed E-state index contributed by atoms with van der Waals surface area (Å²) in [4.78, 5) is 10.9.